The van der Waals surface area contributed by atoms with Crippen molar-refractivity contribution < 1.29 is 38.2 Å². The van der Waals surface area contributed by atoms with Crippen molar-refractivity contribution >= 4 is 40.8 Å². The van der Waals surface area contributed by atoms with Crippen LogP contribution in [0.4, 0.5) is 5.69 Å². The molecule has 0 aromatic heterocycles. The molecule has 11 heteroatoms. The summed E-state index contributed by atoms with van der Waals surface area (Å²) in [6, 6.07) is 34.8. The maximum Gasteiger partial charge on any atom is 0.306 e. The van der Waals surface area contributed by atoms with Gasteiger partial charge in [-0.05, 0) is 83.9 Å². The summed E-state index contributed by atoms with van der Waals surface area (Å²) < 4.78 is 10.6. The molecule has 4 aromatic rings. The molecule has 348 valence electrons. The molecule has 3 saturated heterocycles. The van der Waals surface area contributed by atoms with Gasteiger partial charge in [0, 0.05) is 57.7 Å². The first kappa shape index (κ1) is 48.0. The van der Waals surface area contributed by atoms with Crippen LogP contribution in [0.15, 0.2) is 109 Å². The van der Waals surface area contributed by atoms with E-state index in [1.165, 1.54) is 7.11 Å². The molecule has 3 fully saturated rings. The number of rotatable bonds is 19. The number of carbonyl (C=O) groups excluding carboxylic acids is 6. The highest BCUT2D eigenvalue weighted by molar-refractivity contribution is 5.96. The molecular weight excluding hydrogens is 831 g/mol. The lowest BCUT2D eigenvalue weighted by Crippen LogP contribution is -2.47. The summed E-state index contributed by atoms with van der Waals surface area (Å²) in [4.78, 5) is 86.8. The van der Waals surface area contributed by atoms with E-state index in [2.05, 4.69) is 41.3 Å². The van der Waals surface area contributed by atoms with E-state index in [1.807, 2.05) is 93.6 Å². The lowest BCUT2D eigenvalue weighted by Gasteiger charge is -2.34. The number of methoxy groups -OCH3 is 1. The molecule has 4 aromatic carbocycles. The first-order valence-electron chi connectivity index (χ1n) is 23.7. The molecule has 11 nitrogen and oxygen atoms in total. The number of hydrogen-bond acceptors (Lipinski definition) is 9. The Balaban J connectivity index is 0.968. The van der Waals surface area contributed by atoms with Crippen LogP contribution in [0.25, 0.3) is 0 Å². The van der Waals surface area contributed by atoms with E-state index in [4.69, 9.17) is 9.47 Å². The Morgan fingerprint density at radius 1 is 0.621 bits per heavy atom. The van der Waals surface area contributed by atoms with E-state index in [0.717, 1.165) is 52.8 Å². The number of benzene rings is 4. The topological polar surface area (TPSA) is 131 Å². The third kappa shape index (κ3) is 12.1. The maximum absolute atomic E-state index is 14.2. The molecule has 0 unspecified atom stereocenters. The van der Waals surface area contributed by atoms with Crippen LogP contribution >= 0.6 is 0 Å². The number of esters is 1. The number of nitrogens with zero attached hydrogens (tertiary/aromatic N) is 3. The number of amides is 2. The van der Waals surface area contributed by atoms with Crippen LogP contribution < -0.4 is 4.90 Å². The molecule has 0 bridgehead atoms. The summed E-state index contributed by atoms with van der Waals surface area (Å²) >= 11 is 0. The number of anilines is 1. The van der Waals surface area contributed by atoms with Crippen molar-refractivity contribution in [2.45, 2.75) is 122 Å². The van der Waals surface area contributed by atoms with Crippen molar-refractivity contribution in [1.82, 2.24) is 9.80 Å². The third-order valence-corrected chi connectivity index (χ3v) is 13.6. The van der Waals surface area contributed by atoms with Gasteiger partial charge in [-0.15, -0.1) is 0 Å². The van der Waals surface area contributed by atoms with Gasteiger partial charge >= 0.3 is 5.97 Å². The highest BCUT2D eigenvalue weighted by Crippen LogP contribution is 2.34. The Kier molecular flexibility index (Phi) is 16.0. The highest BCUT2D eigenvalue weighted by atomic mass is 16.5. The average Bonchev–Trinajstić information content (AvgIpc) is 4.15. The third-order valence-electron chi connectivity index (χ3n) is 13.6. The highest BCUT2D eigenvalue weighted by Gasteiger charge is 2.42. The van der Waals surface area contributed by atoms with Crippen LogP contribution in [-0.2, 0) is 64.2 Å². The lowest BCUT2D eigenvalue weighted by molar-refractivity contribution is -0.151. The fourth-order valence-corrected chi connectivity index (χ4v) is 9.82. The summed E-state index contributed by atoms with van der Waals surface area (Å²) in [6.45, 7) is 8.59. The van der Waals surface area contributed by atoms with Gasteiger partial charge in [0.25, 0.3) is 0 Å². The first-order valence-corrected chi connectivity index (χ1v) is 23.7. The van der Waals surface area contributed by atoms with Gasteiger partial charge in [0.15, 0.2) is 17.3 Å². The minimum Gasteiger partial charge on any atom is -0.469 e. The van der Waals surface area contributed by atoms with E-state index in [1.54, 1.807) is 9.80 Å². The Labute approximate surface area is 389 Å². The van der Waals surface area contributed by atoms with Crippen molar-refractivity contribution in [3.8, 4) is 0 Å². The van der Waals surface area contributed by atoms with Crippen molar-refractivity contribution in [3.05, 3.63) is 137 Å². The standard InChI is InChI=1S/C55H65N3O8/c1-55(2,3)45(35-52(62)65-4)54(64)58-30-12-19-47(58)49(60)33-39-23-27-41(28-24-39)37-56(43-16-9-6-10-17-43)36-40-25-21-38(22-26-40)32-48(59)46-18-11-29-57(46)53(63)44(42-14-7-5-8-15-42)34-50(61)51-20-13-31-66-51/h5-10,14-17,21-28,44-47,51H,11-13,18-20,29-37H2,1-4H3/t44-,45-,46+,47+,51-/m1/s1. The molecule has 66 heavy (non-hydrogen) atoms. The molecule has 5 atom stereocenters. The van der Waals surface area contributed by atoms with Crippen molar-refractivity contribution in [3.63, 3.8) is 0 Å². The zero-order valence-electron chi connectivity index (χ0n) is 39.0. The van der Waals surface area contributed by atoms with Crippen molar-refractivity contribution in [2.75, 3.05) is 31.7 Å². The Morgan fingerprint density at radius 3 is 1.61 bits per heavy atom. The predicted molar refractivity (Wildman–Crippen MR) is 253 cm³/mol. The number of hydrogen-bond donors (Lipinski definition) is 0. The van der Waals surface area contributed by atoms with Crippen LogP contribution in [0.1, 0.15) is 106 Å². The van der Waals surface area contributed by atoms with E-state index >= 15 is 0 Å². The predicted octanol–water partition coefficient (Wildman–Crippen LogP) is 8.25. The van der Waals surface area contributed by atoms with Gasteiger partial charge < -0.3 is 24.2 Å². The lowest BCUT2D eigenvalue weighted by atomic mass is 9.77. The second kappa shape index (κ2) is 22.0. The smallest absolute Gasteiger partial charge is 0.306 e. The van der Waals surface area contributed by atoms with Crippen LogP contribution in [0, 0.1) is 11.3 Å². The quantitative estimate of drug-likeness (QED) is 0.0855. The molecule has 3 aliphatic heterocycles. The summed E-state index contributed by atoms with van der Waals surface area (Å²) in [7, 11) is 1.32. The fraction of sp³-hybridized carbons (Fsp3) is 0.455. The number of para-hydroxylation sites is 1. The van der Waals surface area contributed by atoms with Gasteiger partial charge in [-0.25, -0.2) is 0 Å². The number of Topliss-reactive ketones (excluding diaryl/α,β-unsaturated/α-hetero) is 3. The van der Waals surface area contributed by atoms with Gasteiger partial charge in [-0.3, -0.25) is 28.8 Å². The van der Waals surface area contributed by atoms with Gasteiger partial charge in [-0.1, -0.05) is 118 Å². The SMILES string of the molecule is COC(=O)C[C@H](C(=O)N1CCC[C@H]1C(=O)Cc1ccc(CN(Cc2ccc(CC(=O)[C@@H]3CCCN3C(=O)[C@H](CC(=O)[C@H]3CCCO3)c3ccccc3)cc2)c2ccccc2)cc1)C(C)(C)C. The van der Waals surface area contributed by atoms with Gasteiger partial charge in [-0.2, -0.15) is 0 Å². The number of likely N-dealkylation sites (tertiary alicyclic amines) is 2. The van der Waals surface area contributed by atoms with E-state index < -0.39 is 41.4 Å². The first-order chi connectivity index (χ1) is 31.8. The Bertz CT molecular complexity index is 2300. The van der Waals surface area contributed by atoms with Crippen LogP contribution in [-0.4, -0.2) is 89.9 Å². The average molecular weight is 896 g/mol. The van der Waals surface area contributed by atoms with Gasteiger partial charge in [0.2, 0.25) is 11.8 Å². The summed E-state index contributed by atoms with van der Waals surface area (Å²) in [6.07, 6.45) is 4.19. The molecule has 0 N–H and O–H groups in total. The molecule has 3 aliphatic rings. The van der Waals surface area contributed by atoms with E-state index in [9.17, 15) is 28.8 Å². The van der Waals surface area contributed by atoms with Crippen molar-refractivity contribution in [2.24, 2.45) is 11.3 Å². The summed E-state index contributed by atoms with van der Waals surface area (Å²) in [5.74, 6) is -2.07. The number of ketones is 3. The van der Waals surface area contributed by atoms with Gasteiger partial charge in [0.1, 0.15) is 6.10 Å². The monoisotopic (exact) mass is 895 g/mol. The van der Waals surface area contributed by atoms with Crippen LogP contribution in [0.3, 0.4) is 0 Å². The van der Waals surface area contributed by atoms with Crippen LogP contribution in [0.2, 0.25) is 0 Å². The van der Waals surface area contributed by atoms with Crippen molar-refractivity contribution in [1.29, 1.82) is 0 Å². The molecule has 3 heterocycles. The Morgan fingerprint density at radius 2 is 1.12 bits per heavy atom. The zero-order valence-corrected chi connectivity index (χ0v) is 39.0. The Hall–Kier alpha value is -5.94. The minimum absolute atomic E-state index is 0.000448. The minimum atomic E-state index is -0.661. The summed E-state index contributed by atoms with van der Waals surface area (Å²) in [5, 5.41) is 0. The molecular formula is C55H65N3O8. The molecule has 2 amide bonds. The fourth-order valence-electron chi connectivity index (χ4n) is 9.82. The largest absolute Gasteiger partial charge is 0.469 e. The number of carbonyl (C=O) groups is 6. The molecule has 0 spiro atoms. The maximum atomic E-state index is 14.2. The second-order valence-corrected chi connectivity index (χ2v) is 19.3. The number of ether oxygens (including phenoxy) is 2. The van der Waals surface area contributed by atoms with Gasteiger partial charge in [0.05, 0.1) is 37.5 Å². The molecule has 7 rings (SSSR count). The van der Waals surface area contributed by atoms with E-state index in [-0.39, 0.29) is 54.8 Å². The molecule has 0 aliphatic carbocycles. The molecule has 0 saturated carbocycles. The summed E-state index contributed by atoms with van der Waals surface area (Å²) in [5.41, 5.74) is 5.28. The second-order valence-electron chi connectivity index (χ2n) is 19.3. The zero-order chi connectivity index (χ0) is 46.8. The normalized spacial score (nSPS) is 19.3. The van der Waals surface area contributed by atoms with E-state index in [0.29, 0.717) is 52.0 Å². The molecule has 0 radical (unpaired) electrons. The van der Waals surface area contributed by atoms with Crippen LogP contribution in [0.5, 0.6) is 0 Å².